The van der Waals surface area contributed by atoms with Crippen LogP contribution in [-0.2, 0) is 9.63 Å². The minimum absolute atomic E-state index is 0.240. The molecule has 3 rings (SSSR count). The van der Waals surface area contributed by atoms with E-state index in [-0.39, 0.29) is 5.91 Å². The van der Waals surface area contributed by atoms with Crippen LogP contribution in [0.4, 0.5) is 5.69 Å². The van der Waals surface area contributed by atoms with Gasteiger partial charge in [0.15, 0.2) is 0 Å². The van der Waals surface area contributed by atoms with Gasteiger partial charge in [-0.25, -0.2) is 0 Å². The quantitative estimate of drug-likeness (QED) is 0.917. The van der Waals surface area contributed by atoms with Crippen molar-refractivity contribution in [2.75, 3.05) is 19.5 Å². The molecular weight excluding hydrogens is 308 g/mol. The standard InChI is InChI=1S/C18H18N2O4/c1-22-14-8-6-12(7-9-14)16-11-17(24-20-16)18(21)19-13-4-3-5-15(10-13)23-2/h3-10,17H,11H2,1-2H3,(H,19,21)/t17-/m1/s1. The highest BCUT2D eigenvalue weighted by atomic mass is 16.6. The average Bonchev–Trinajstić information content (AvgIpc) is 3.12. The van der Waals surface area contributed by atoms with Crippen LogP contribution >= 0.6 is 0 Å². The van der Waals surface area contributed by atoms with E-state index in [9.17, 15) is 4.79 Å². The van der Waals surface area contributed by atoms with Crippen molar-refractivity contribution in [3.8, 4) is 11.5 Å². The second-order valence-corrected chi connectivity index (χ2v) is 5.29. The van der Waals surface area contributed by atoms with E-state index in [1.807, 2.05) is 36.4 Å². The van der Waals surface area contributed by atoms with Crippen LogP contribution in [0.5, 0.6) is 11.5 Å². The van der Waals surface area contributed by atoms with E-state index >= 15 is 0 Å². The summed E-state index contributed by atoms with van der Waals surface area (Å²) in [4.78, 5) is 17.6. The molecule has 2 aromatic carbocycles. The second-order valence-electron chi connectivity index (χ2n) is 5.29. The number of anilines is 1. The Bertz CT molecular complexity index is 756. The Labute approximate surface area is 140 Å². The van der Waals surface area contributed by atoms with E-state index in [1.54, 1.807) is 26.4 Å². The van der Waals surface area contributed by atoms with Crippen LogP contribution in [0.25, 0.3) is 0 Å². The highest BCUT2D eigenvalue weighted by molar-refractivity contribution is 6.06. The summed E-state index contributed by atoms with van der Waals surface area (Å²) < 4.78 is 10.3. The summed E-state index contributed by atoms with van der Waals surface area (Å²) in [5.41, 5.74) is 2.30. The van der Waals surface area contributed by atoms with Gasteiger partial charge in [-0.1, -0.05) is 11.2 Å². The van der Waals surface area contributed by atoms with Crippen LogP contribution in [0.1, 0.15) is 12.0 Å². The Hall–Kier alpha value is -3.02. The molecule has 0 spiro atoms. The molecule has 6 nitrogen and oxygen atoms in total. The molecule has 0 radical (unpaired) electrons. The summed E-state index contributed by atoms with van der Waals surface area (Å²) in [6, 6.07) is 14.6. The van der Waals surface area contributed by atoms with Crippen LogP contribution in [0, 0.1) is 0 Å². The summed E-state index contributed by atoms with van der Waals surface area (Å²) in [6.45, 7) is 0. The van der Waals surface area contributed by atoms with Crippen LogP contribution in [0.15, 0.2) is 53.7 Å². The molecule has 1 heterocycles. The molecule has 6 heteroatoms. The van der Waals surface area contributed by atoms with Crippen LogP contribution < -0.4 is 14.8 Å². The summed E-state index contributed by atoms with van der Waals surface area (Å²) in [5, 5.41) is 6.84. The maximum atomic E-state index is 12.3. The lowest BCUT2D eigenvalue weighted by Gasteiger charge is -2.10. The van der Waals surface area contributed by atoms with E-state index in [0.717, 1.165) is 17.0 Å². The molecule has 0 unspecified atom stereocenters. The fourth-order valence-electron chi connectivity index (χ4n) is 2.40. The topological polar surface area (TPSA) is 69.2 Å². The van der Waals surface area contributed by atoms with Crippen LogP contribution in [0.3, 0.4) is 0 Å². The monoisotopic (exact) mass is 326 g/mol. The average molecular weight is 326 g/mol. The first-order valence-corrected chi connectivity index (χ1v) is 7.51. The number of nitrogens with one attached hydrogen (secondary N) is 1. The maximum absolute atomic E-state index is 12.3. The first-order valence-electron chi connectivity index (χ1n) is 7.51. The molecule has 24 heavy (non-hydrogen) atoms. The number of carbonyl (C=O) groups excluding carboxylic acids is 1. The predicted molar refractivity (Wildman–Crippen MR) is 90.6 cm³/mol. The number of amides is 1. The Morgan fingerprint density at radius 1 is 1.12 bits per heavy atom. The number of benzene rings is 2. The molecule has 1 N–H and O–H groups in total. The SMILES string of the molecule is COc1ccc(C2=NO[C@@H](C(=O)Nc3cccc(OC)c3)C2)cc1. The number of hydrogen-bond acceptors (Lipinski definition) is 5. The van der Waals surface area contributed by atoms with Gasteiger partial charge < -0.3 is 19.6 Å². The number of rotatable bonds is 5. The number of methoxy groups -OCH3 is 2. The Kier molecular flexibility index (Phi) is 4.65. The summed E-state index contributed by atoms with van der Waals surface area (Å²) in [7, 11) is 3.19. The second kappa shape index (κ2) is 7.04. The molecule has 1 amide bonds. The molecule has 2 aromatic rings. The molecule has 0 saturated carbocycles. The first-order chi connectivity index (χ1) is 11.7. The normalized spacial score (nSPS) is 16.1. The Morgan fingerprint density at radius 2 is 1.88 bits per heavy atom. The highest BCUT2D eigenvalue weighted by Crippen LogP contribution is 2.22. The Balaban J connectivity index is 1.62. The van der Waals surface area contributed by atoms with Crippen molar-refractivity contribution in [1.82, 2.24) is 0 Å². The third-order valence-corrected chi connectivity index (χ3v) is 3.72. The summed E-state index contributed by atoms with van der Waals surface area (Å²) in [5.74, 6) is 1.21. The van der Waals surface area contributed by atoms with Gasteiger partial charge in [0, 0.05) is 18.2 Å². The number of hydrogen-bond donors (Lipinski definition) is 1. The maximum Gasteiger partial charge on any atom is 0.268 e. The first kappa shape index (κ1) is 15.9. The van der Waals surface area contributed by atoms with Gasteiger partial charge in [0.2, 0.25) is 6.10 Å². The van der Waals surface area contributed by atoms with Crippen LogP contribution in [-0.4, -0.2) is 31.9 Å². The third-order valence-electron chi connectivity index (χ3n) is 3.72. The van der Waals surface area contributed by atoms with Crippen molar-refractivity contribution in [2.24, 2.45) is 5.16 Å². The van der Waals surface area contributed by atoms with Crippen molar-refractivity contribution in [3.05, 3.63) is 54.1 Å². The molecule has 0 aliphatic carbocycles. The van der Waals surface area contributed by atoms with E-state index in [4.69, 9.17) is 14.3 Å². The van der Waals surface area contributed by atoms with E-state index in [2.05, 4.69) is 10.5 Å². The van der Waals surface area contributed by atoms with Crippen molar-refractivity contribution >= 4 is 17.3 Å². The lowest BCUT2D eigenvalue weighted by molar-refractivity contribution is -0.125. The number of carbonyl (C=O) groups is 1. The van der Waals surface area contributed by atoms with Crippen molar-refractivity contribution in [1.29, 1.82) is 0 Å². The minimum Gasteiger partial charge on any atom is -0.497 e. The molecule has 1 aliphatic rings. The van der Waals surface area contributed by atoms with E-state index in [0.29, 0.717) is 17.9 Å². The van der Waals surface area contributed by atoms with Crippen molar-refractivity contribution in [3.63, 3.8) is 0 Å². The Morgan fingerprint density at radius 3 is 2.58 bits per heavy atom. The molecule has 124 valence electrons. The van der Waals surface area contributed by atoms with Gasteiger partial charge in [0.1, 0.15) is 11.5 Å². The smallest absolute Gasteiger partial charge is 0.268 e. The fraction of sp³-hybridized carbons (Fsp3) is 0.222. The zero-order chi connectivity index (χ0) is 16.9. The fourth-order valence-corrected chi connectivity index (χ4v) is 2.40. The van der Waals surface area contributed by atoms with Gasteiger partial charge in [0.05, 0.1) is 19.9 Å². The number of oxime groups is 1. The van der Waals surface area contributed by atoms with Gasteiger partial charge in [-0.2, -0.15) is 0 Å². The third kappa shape index (κ3) is 3.48. The number of ether oxygens (including phenoxy) is 2. The summed E-state index contributed by atoms with van der Waals surface area (Å²) in [6.07, 6.45) is -0.226. The molecule has 0 aromatic heterocycles. The molecule has 0 bridgehead atoms. The van der Waals surface area contributed by atoms with Gasteiger partial charge in [-0.3, -0.25) is 4.79 Å². The lowest BCUT2D eigenvalue weighted by atomic mass is 10.0. The van der Waals surface area contributed by atoms with Crippen molar-refractivity contribution < 1.29 is 19.1 Å². The zero-order valence-electron chi connectivity index (χ0n) is 13.5. The molecule has 1 aliphatic heterocycles. The van der Waals surface area contributed by atoms with E-state index in [1.165, 1.54) is 0 Å². The highest BCUT2D eigenvalue weighted by Gasteiger charge is 2.29. The predicted octanol–water partition coefficient (Wildman–Crippen LogP) is 2.84. The summed E-state index contributed by atoms with van der Waals surface area (Å²) >= 11 is 0. The van der Waals surface area contributed by atoms with Crippen LogP contribution in [0.2, 0.25) is 0 Å². The van der Waals surface area contributed by atoms with E-state index < -0.39 is 6.10 Å². The molecular formula is C18H18N2O4. The molecule has 1 atom stereocenters. The van der Waals surface area contributed by atoms with Gasteiger partial charge >= 0.3 is 0 Å². The molecule has 0 fully saturated rings. The molecule has 0 saturated heterocycles. The van der Waals surface area contributed by atoms with Crippen molar-refractivity contribution in [2.45, 2.75) is 12.5 Å². The van der Waals surface area contributed by atoms with Gasteiger partial charge in [0.25, 0.3) is 5.91 Å². The largest absolute Gasteiger partial charge is 0.497 e. The van der Waals surface area contributed by atoms with Gasteiger partial charge in [-0.05, 0) is 42.0 Å². The minimum atomic E-state index is -0.645. The lowest BCUT2D eigenvalue weighted by Crippen LogP contribution is -2.28. The van der Waals surface area contributed by atoms with Gasteiger partial charge in [-0.15, -0.1) is 0 Å². The number of nitrogens with zero attached hydrogens (tertiary/aromatic N) is 1. The zero-order valence-corrected chi connectivity index (χ0v) is 13.5.